The van der Waals surface area contributed by atoms with Crippen molar-refractivity contribution in [3.05, 3.63) is 112 Å². The third-order valence-electron chi connectivity index (χ3n) is 7.36. The van der Waals surface area contributed by atoms with Crippen LogP contribution in [0.2, 0.25) is 5.02 Å². The number of carbonyl (C=O) groups excluding carboxylic acids is 2. The number of halogens is 2. The van der Waals surface area contributed by atoms with Crippen molar-refractivity contribution >= 4 is 34.8 Å². The Morgan fingerprint density at radius 2 is 1.87 bits per heavy atom. The quantitative estimate of drug-likeness (QED) is 0.295. The molecule has 0 aliphatic carbocycles. The summed E-state index contributed by atoms with van der Waals surface area (Å²) < 4.78 is 15.6. The molecule has 2 N–H and O–H groups in total. The first-order valence-electron chi connectivity index (χ1n) is 13.0. The van der Waals surface area contributed by atoms with Gasteiger partial charge in [-0.1, -0.05) is 29.8 Å². The number of nitrogens with one attached hydrogen (secondary N) is 2. The fourth-order valence-electron chi connectivity index (χ4n) is 5.32. The lowest BCUT2D eigenvalue weighted by atomic mass is 10.0. The topological polar surface area (TPSA) is 79.3 Å². The molecule has 2 aromatic heterocycles. The van der Waals surface area contributed by atoms with Crippen molar-refractivity contribution in [1.29, 1.82) is 0 Å². The standard InChI is InChI=1S/C30H27ClFN5O2/c31-24-15-21(32)8-10-23(24)30(39)35-27-12-7-19(16-33-27)29(38)28-26-11-9-22(18-36-13-3-4-14-36)37(26)17-20-5-1-2-6-25(20)34-28/h1-2,5-12,15-16,28,34H,3-4,13-14,17-18H2,(H,33,35,39). The number of likely N-dealkylation sites (tertiary alicyclic amines) is 1. The summed E-state index contributed by atoms with van der Waals surface area (Å²) >= 11 is 6.01. The number of nitrogens with zero attached hydrogens (tertiary/aromatic N) is 3. The van der Waals surface area contributed by atoms with Crippen molar-refractivity contribution in [3.8, 4) is 0 Å². The Bertz CT molecular complexity index is 1550. The predicted molar refractivity (Wildman–Crippen MR) is 149 cm³/mol. The van der Waals surface area contributed by atoms with Crippen LogP contribution in [0.3, 0.4) is 0 Å². The molecular formula is C30H27ClFN5O2. The highest BCUT2D eigenvalue weighted by Crippen LogP contribution is 2.33. The maximum atomic E-state index is 13.8. The molecule has 0 radical (unpaired) electrons. The van der Waals surface area contributed by atoms with Gasteiger partial charge in [-0.15, -0.1) is 0 Å². The highest BCUT2D eigenvalue weighted by Gasteiger charge is 2.30. The van der Waals surface area contributed by atoms with E-state index in [0.717, 1.165) is 42.6 Å². The molecule has 0 spiro atoms. The van der Waals surface area contributed by atoms with Gasteiger partial charge in [0.25, 0.3) is 5.91 Å². The number of anilines is 2. The average molecular weight is 544 g/mol. The molecule has 1 amide bonds. The summed E-state index contributed by atoms with van der Waals surface area (Å²) in [7, 11) is 0. The first-order chi connectivity index (χ1) is 19.0. The van der Waals surface area contributed by atoms with Crippen LogP contribution in [0.15, 0.2) is 72.9 Å². The van der Waals surface area contributed by atoms with Crippen molar-refractivity contribution < 1.29 is 14.0 Å². The number of Topliss-reactive ketones (excluding diaryl/α,β-unsaturated/α-hetero) is 1. The summed E-state index contributed by atoms with van der Waals surface area (Å²) in [6, 6.07) is 18.4. The highest BCUT2D eigenvalue weighted by molar-refractivity contribution is 6.34. The summed E-state index contributed by atoms with van der Waals surface area (Å²) in [6.45, 7) is 3.74. The van der Waals surface area contributed by atoms with Gasteiger partial charge in [0.15, 0.2) is 5.78 Å². The number of benzene rings is 2. The second kappa shape index (κ2) is 10.6. The van der Waals surface area contributed by atoms with Crippen LogP contribution >= 0.6 is 11.6 Å². The molecule has 7 nitrogen and oxygen atoms in total. The molecule has 2 aliphatic rings. The van der Waals surface area contributed by atoms with Crippen LogP contribution < -0.4 is 10.6 Å². The van der Waals surface area contributed by atoms with Gasteiger partial charge in [-0.3, -0.25) is 14.5 Å². The van der Waals surface area contributed by atoms with Gasteiger partial charge in [0, 0.05) is 41.9 Å². The molecule has 6 rings (SSSR count). The molecule has 39 heavy (non-hydrogen) atoms. The molecule has 2 aliphatic heterocycles. The largest absolute Gasteiger partial charge is 0.370 e. The number of rotatable bonds is 6. The Morgan fingerprint density at radius 1 is 1.05 bits per heavy atom. The Balaban J connectivity index is 1.26. The first-order valence-corrected chi connectivity index (χ1v) is 13.4. The second-order valence-electron chi connectivity index (χ2n) is 9.93. The van der Waals surface area contributed by atoms with E-state index in [-0.39, 0.29) is 22.2 Å². The van der Waals surface area contributed by atoms with E-state index in [1.165, 1.54) is 36.9 Å². The number of carbonyl (C=O) groups is 2. The van der Waals surface area contributed by atoms with E-state index >= 15 is 0 Å². The SMILES string of the molecule is O=C(Nc1ccc(C(=O)C2Nc3ccccc3Cn3c(CN4CCCC4)ccc32)cn1)c1ccc(F)cc1Cl. The van der Waals surface area contributed by atoms with Crippen LogP contribution in [-0.2, 0) is 13.1 Å². The number of fused-ring (bicyclic) bond motifs is 2. The fourth-order valence-corrected chi connectivity index (χ4v) is 5.57. The maximum absolute atomic E-state index is 13.8. The van der Waals surface area contributed by atoms with Crippen LogP contribution in [-0.4, -0.2) is 39.2 Å². The lowest BCUT2D eigenvalue weighted by Gasteiger charge is -2.20. The normalized spacial score (nSPS) is 16.6. The molecule has 9 heteroatoms. The van der Waals surface area contributed by atoms with E-state index in [1.54, 1.807) is 12.1 Å². The summed E-state index contributed by atoms with van der Waals surface area (Å²) in [5.41, 5.74) is 4.71. The van der Waals surface area contributed by atoms with E-state index in [9.17, 15) is 14.0 Å². The van der Waals surface area contributed by atoms with Crippen LogP contribution in [0.4, 0.5) is 15.9 Å². The summed E-state index contributed by atoms with van der Waals surface area (Å²) in [6.07, 6.45) is 3.90. The molecule has 2 aromatic carbocycles. The van der Waals surface area contributed by atoms with Crippen molar-refractivity contribution in [2.24, 2.45) is 0 Å². The molecule has 0 bridgehead atoms. The molecule has 1 unspecified atom stereocenters. The van der Waals surface area contributed by atoms with E-state index < -0.39 is 17.8 Å². The third kappa shape index (κ3) is 5.17. The van der Waals surface area contributed by atoms with E-state index in [1.807, 2.05) is 24.3 Å². The molecule has 1 atom stereocenters. The zero-order valence-electron chi connectivity index (χ0n) is 21.2. The van der Waals surface area contributed by atoms with Gasteiger partial charge in [-0.05, 0) is 80.0 Å². The number of pyridine rings is 1. The van der Waals surface area contributed by atoms with E-state index in [4.69, 9.17) is 11.6 Å². The van der Waals surface area contributed by atoms with Crippen molar-refractivity contribution in [3.63, 3.8) is 0 Å². The van der Waals surface area contributed by atoms with Crippen molar-refractivity contribution in [2.75, 3.05) is 23.7 Å². The number of aromatic nitrogens is 2. The number of ketones is 1. The lowest BCUT2D eigenvalue weighted by Crippen LogP contribution is -2.24. The predicted octanol–water partition coefficient (Wildman–Crippen LogP) is 5.92. The Labute approximate surface area is 230 Å². The second-order valence-corrected chi connectivity index (χ2v) is 10.3. The van der Waals surface area contributed by atoms with Crippen LogP contribution in [0, 0.1) is 5.82 Å². The number of para-hydroxylation sites is 1. The van der Waals surface area contributed by atoms with Gasteiger partial charge in [0.1, 0.15) is 17.7 Å². The van der Waals surface area contributed by atoms with Gasteiger partial charge in [0.2, 0.25) is 0 Å². The summed E-state index contributed by atoms with van der Waals surface area (Å²) in [4.78, 5) is 33.2. The zero-order valence-corrected chi connectivity index (χ0v) is 21.9. The minimum Gasteiger partial charge on any atom is -0.370 e. The molecular weight excluding hydrogens is 517 g/mol. The van der Waals surface area contributed by atoms with Crippen molar-refractivity contribution in [2.45, 2.75) is 32.0 Å². The van der Waals surface area contributed by atoms with Gasteiger partial charge in [0.05, 0.1) is 10.6 Å². The molecule has 4 aromatic rings. The molecule has 1 fully saturated rings. The summed E-state index contributed by atoms with van der Waals surface area (Å²) in [5.74, 6) is -0.906. The average Bonchev–Trinajstić information content (AvgIpc) is 3.55. The van der Waals surface area contributed by atoms with Crippen molar-refractivity contribution in [1.82, 2.24) is 14.5 Å². The molecule has 0 saturated carbocycles. The van der Waals surface area contributed by atoms with E-state index in [0.29, 0.717) is 12.1 Å². The zero-order chi connectivity index (χ0) is 26.9. The van der Waals surface area contributed by atoms with Gasteiger partial charge in [-0.25, -0.2) is 9.37 Å². The Morgan fingerprint density at radius 3 is 2.64 bits per heavy atom. The van der Waals surface area contributed by atoms with E-state index in [2.05, 4.69) is 37.2 Å². The van der Waals surface area contributed by atoms with Gasteiger partial charge < -0.3 is 15.2 Å². The molecule has 4 heterocycles. The Hall–Kier alpha value is -4.01. The number of hydrogen-bond donors (Lipinski definition) is 2. The summed E-state index contributed by atoms with van der Waals surface area (Å²) in [5, 5.41) is 6.13. The van der Waals surface area contributed by atoms with Crippen LogP contribution in [0.1, 0.15) is 56.6 Å². The minimum absolute atomic E-state index is 0.00567. The Kier molecular flexibility index (Phi) is 6.89. The van der Waals surface area contributed by atoms with Gasteiger partial charge >= 0.3 is 0 Å². The third-order valence-corrected chi connectivity index (χ3v) is 7.67. The fraction of sp³-hybridized carbons (Fsp3) is 0.233. The first kappa shape index (κ1) is 25.3. The van der Waals surface area contributed by atoms with Gasteiger partial charge in [-0.2, -0.15) is 0 Å². The maximum Gasteiger partial charge on any atom is 0.258 e. The van der Waals surface area contributed by atoms with Crippen LogP contribution in [0.5, 0.6) is 0 Å². The highest BCUT2D eigenvalue weighted by atomic mass is 35.5. The molecule has 1 saturated heterocycles. The number of hydrogen-bond acceptors (Lipinski definition) is 5. The molecule has 198 valence electrons. The van der Waals surface area contributed by atoms with Crippen LogP contribution in [0.25, 0.3) is 0 Å². The number of amides is 1. The monoisotopic (exact) mass is 543 g/mol. The minimum atomic E-state index is -0.596. The lowest BCUT2D eigenvalue weighted by molar-refractivity contribution is 0.0966. The smallest absolute Gasteiger partial charge is 0.258 e.